The lowest BCUT2D eigenvalue weighted by Gasteiger charge is -2.66. The Morgan fingerprint density at radius 2 is 1.76 bits per heavy atom. The average molecular weight is 285 g/mol. The highest BCUT2D eigenvalue weighted by Gasteiger charge is 2.70. The van der Waals surface area contributed by atoms with Crippen molar-refractivity contribution in [1.82, 2.24) is 9.78 Å². The molecule has 110 valence electrons. The van der Waals surface area contributed by atoms with Gasteiger partial charge >= 0.3 is 7.12 Å². The van der Waals surface area contributed by atoms with Crippen molar-refractivity contribution in [3.63, 3.8) is 0 Å². The molecule has 1 aliphatic heterocycles. The van der Waals surface area contributed by atoms with Gasteiger partial charge in [-0.2, -0.15) is 10.4 Å². The van der Waals surface area contributed by atoms with Crippen molar-refractivity contribution < 1.29 is 9.31 Å². The Labute approximate surface area is 125 Å². The normalized spacial score (nSPS) is 38.5. The Morgan fingerprint density at radius 3 is 2.29 bits per heavy atom. The minimum atomic E-state index is -0.360. The lowest BCUT2D eigenvalue weighted by Crippen LogP contribution is -2.67. The Balaban J connectivity index is 1.54. The van der Waals surface area contributed by atoms with E-state index in [1.54, 1.807) is 0 Å². The van der Waals surface area contributed by atoms with E-state index >= 15 is 0 Å². The molecule has 2 bridgehead atoms. The second-order valence-corrected chi connectivity index (χ2v) is 7.95. The Bertz CT molecular complexity index is 622. The lowest BCUT2D eigenvalue weighted by molar-refractivity contribution is -0.153. The molecule has 5 rings (SSSR count). The van der Waals surface area contributed by atoms with Crippen LogP contribution in [-0.2, 0) is 14.8 Å². The van der Waals surface area contributed by atoms with Crippen molar-refractivity contribution >= 4 is 12.6 Å². The summed E-state index contributed by atoms with van der Waals surface area (Å²) < 4.78 is 14.1. The molecule has 4 aliphatic rings. The SMILES string of the molecule is CC1(C)OB(c2cnn(C34CC(C#N)(C3)C4)c2)OC1(C)C. The van der Waals surface area contributed by atoms with Crippen LogP contribution < -0.4 is 5.46 Å². The zero-order chi connectivity index (χ0) is 15.1. The second kappa shape index (κ2) is 3.53. The monoisotopic (exact) mass is 285 g/mol. The quantitative estimate of drug-likeness (QED) is 0.774. The van der Waals surface area contributed by atoms with Gasteiger partial charge in [0.1, 0.15) is 0 Å². The van der Waals surface area contributed by atoms with Crippen LogP contribution in [0.4, 0.5) is 0 Å². The second-order valence-electron chi connectivity index (χ2n) is 7.95. The first-order chi connectivity index (χ1) is 9.71. The number of hydrogen-bond donors (Lipinski definition) is 0. The van der Waals surface area contributed by atoms with Gasteiger partial charge in [-0.15, -0.1) is 0 Å². The molecular formula is C15H20BN3O2. The molecule has 0 amide bonds. The zero-order valence-corrected chi connectivity index (χ0v) is 13.0. The van der Waals surface area contributed by atoms with Gasteiger partial charge < -0.3 is 9.31 Å². The number of nitrogens with zero attached hydrogens (tertiary/aromatic N) is 3. The standard InChI is InChI=1S/C15H20BN3O2/c1-12(2)13(3,4)21-16(20-12)11-5-18-19(6-11)15-7-14(8-15,9-15)10-17/h5-6H,7-9H2,1-4H3. The van der Waals surface area contributed by atoms with Gasteiger partial charge in [-0.05, 0) is 47.0 Å². The van der Waals surface area contributed by atoms with Crippen molar-refractivity contribution in [3.8, 4) is 6.07 Å². The molecule has 0 radical (unpaired) electrons. The predicted molar refractivity (Wildman–Crippen MR) is 77.8 cm³/mol. The van der Waals surface area contributed by atoms with Crippen molar-refractivity contribution in [2.24, 2.45) is 5.41 Å². The highest BCUT2D eigenvalue weighted by molar-refractivity contribution is 6.62. The molecule has 0 N–H and O–H groups in total. The summed E-state index contributed by atoms with van der Waals surface area (Å²) in [5, 5.41) is 13.6. The van der Waals surface area contributed by atoms with Gasteiger partial charge in [0.15, 0.2) is 0 Å². The van der Waals surface area contributed by atoms with Crippen molar-refractivity contribution in [1.29, 1.82) is 5.26 Å². The molecule has 21 heavy (non-hydrogen) atoms. The summed E-state index contributed by atoms with van der Waals surface area (Å²) in [4.78, 5) is 0. The van der Waals surface area contributed by atoms with E-state index in [1.165, 1.54) is 0 Å². The fourth-order valence-corrected chi connectivity index (χ4v) is 3.79. The molecule has 1 aromatic rings. The molecule has 4 fully saturated rings. The summed E-state index contributed by atoms with van der Waals surface area (Å²) >= 11 is 0. The molecule has 0 unspecified atom stereocenters. The van der Waals surface area contributed by atoms with Crippen LogP contribution in [0.3, 0.4) is 0 Å². The predicted octanol–water partition coefficient (Wildman–Crippen LogP) is 1.59. The van der Waals surface area contributed by atoms with Gasteiger partial charge in [0.05, 0.1) is 28.2 Å². The Kier molecular flexibility index (Phi) is 2.25. The molecule has 0 spiro atoms. The minimum Gasteiger partial charge on any atom is -0.399 e. The molecular weight excluding hydrogens is 265 g/mol. The molecule has 5 nitrogen and oxygen atoms in total. The molecule has 1 saturated heterocycles. The lowest BCUT2D eigenvalue weighted by atomic mass is 9.40. The molecule has 3 aliphatic carbocycles. The molecule has 0 aromatic carbocycles. The molecule has 3 saturated carbocycles. The Hall–Kier alpha value is -1.32. The van der Waals surface area contributed by atoms with Crippen LogP contribution in [0.25, 0.3) is 0 Å². The van der Waals surface area contributed by atoms with Crippen molar-refractivity contribution in [2.75, 3.05) is 0 Å². The maximum Gasteiger partial charge on any atom is 0.498 e. The number of rotatable bonds is 2. The summed E-state index contributed by atoms with van der Waals surface area (Å²) in [7, 11) is -0.360. The van der Waals surface area contributed by atoms with E-state index in [0.29, 0.717) is 0 Å². The van der Waals surface area contributed by atoms with Gasteiger partial charge in [0, 0.05) is 17.9 Å². The summed E-state index contributed by atoms with van der Waals surface area (Å²) in [5.41, 5.74) is 0.320. The summed E-state index contributed by atoms with van der Waals surface area (Å²) in [5.74, 6) is 0. The van der Waals surface area contributed by atoms with Crippen LogP contribution in [0.1, 0.15) is 47.0 Å². The summed E-state index contributed by atoms with van der Waals surface area (Å²) in [6, 6.07) is 2.43. The summed E-state index contributed by atoms with van der Waals surface area (Å²) in [6.07, 6.45) is 6.66. The van der Waals surface area contributed by atoms with E-state index in [-0.39, 0.29) is 29.3 Å². The average Bonchev–Trinajstić information content (AvgIpc) is 2.80. The third-order valence-corrected chi connectivity index (χ3v) is 5.85. The highest BCUT2D eigenvalue weighted by atomic mass is 16.7. The molecule has 6 heteroatoms. The third kappa shape index (κ3) is 1.56. The first-order valence-corrected chi connectivity index (χ1v) is 7.53. The van der Waals surface area contributed by atoms with Crippen LogP contribution in [0, 0.1) is 16.7 Å². The van der Waals surface area contributed by atoms with E-state index in [4.69, 9.17) is 14.6 Å². The van der Waals surface area contributed by atoms with Crippen LogP contribution in [-0.4, -0.2) is 28.1 Å². The van der Waals surface area contributed by atoms with Gasteiger partial charge in [-0.3, -0.25) is 4.68 Å². The van der Waals surface area contributed by atoms with E-state index in [1.807, 2.05) is 17.1 Å². The largest absolute Gasteiger partial charge is 0.498 e. The van der Waals surface area contributed by atoms with Crippen LogP contribution >= 0.6 is 0 Å². The number of nitriles is 1. The van der Waals surface area contributed by atoms with Crippen molar-refractivity contribution in [3.05, 3.63) is 12.4 Å². The van der Waals surface area contributed by atoms with Crippen LogP contribution in [0.15, 0.2) is 12.4 Å². The first-order valence-electron chi connectivity index (χ1n) is 7.53. The van der Waals surface area contributed by atoms with Gasteiger partial charge in [0.2, 0.25) is 0 Å². The first kappa shape index (κ1) is 13.4. The van der Waals surface area contributed by atoms with Gasteiger partial charge in [0.25, 0.3) is 0 Å². The van der Waals surface area contributed by atoms with E-state index in [2.05, 4.69) is 38.9 Å². The van der Waals surface area contributed by atoms with Gasteiger partial charge in [-0.1, -0.05) is 0 Å². The zero-order valence-electron chi connectivity index (χ0n) is 13.0. The fraction of sp³-hybridized carbons (Fsp3) is 0.733. The topological polar surface area (TPSA) is 60.1 Å². The smallest absolute Gasteiger partial charge is 0.399 e. The van der Waals surface area contributed by atoms with Gasteiger partial charge in [-0.25, -0.2) is 0 Å². The maximum absolute atomic E-state index is 9.12. The maximum atomic E-state index is 9.12. The molecule has 2 heterocycles. The Morgan fingerprint density at radius 1 is 1.19 bits per heavy atom. The number of hydrogen-bond acceptors (Lipinski definition) is 4. The van der Waals surface area contributed by atoms with E-state index in [9.17, 15) is 0 Å². The van der Waals surface area contributed by atoms with Crippen LogP contribution in [0.2, 0.25) is 0 Å². The third-order valence-electron chi connectivity index (χ3n) is 5.85. The molecule has 1 aromatic heterocycles. The summed E-state index contributed by atoms with van der Waals surface area (Å²) in [6.45, 7) is 8.20. The van der Waals surface area contributed by atoms with Crippen LogP contribution in [0.5, 0.6) is 0 Å². The fourth-order valence-electron chi connectivity index (χ4n) is 3.79. The highest BCUT2D eigenvalue weighted by Crippen LogP contribution is 2.70. The minimum absolute atomic E-state index is 0.0591. The molecule has 0 atom stereocenters. The number of aromatic nitrogens is 2. The van der Waals surface area contributed by atoms with E-state index < -0.39 is 0 Å². The van der Waals surface area contributed by atoms with E-state index in [0.717, 1.165) is 24.7 Å². The van der Waals surface area contributed by atoms with Crippen molar-refractivity contribution in [2.45, 2.75) is 63.7 Å².